The molecule has 4 heteroatoms. The van der Waals surface area contributed by atoms with E-state index in [0.29, 0.717) is 6.54 Å². The highest BCUT2D eigenvalue weighted by atomic mass is 16.6. The zero-order valence-corrected chi connectivity index (χ0v) is 8.09. The fraction of sp³-hybridized carbons (Fsp3) is 0.0909. The smallest absolute Gasteiger partial charge is 0.270 e. The van der Waals surface area contributed by atoms with Gasteiger partial charge in [-0.25, -0.2) is 0 Å². The molecule has 15 heavy (non-hydrogen) atoms. The number of fused-ring (bicyclic) bond motifs is 1. The standard InChI is InChI=1S/C11H10N2O2/c1-2-6-12-7-5-9-8-10(13(14)15)3-4-11(9)12/h2-5,7-8H,1,6H2. The largest absolute Gasteiger partial charge is 0.344 e. The van der Waals surface area contributed by atoms with Crippen LogP contribution in [0.1, 0.15) is 0 Å². The summed E-state index contributed by atoms with van der Waals surface area (Å²) in [6.45, 7) is 4.37. The summed E-state index contributed by atoms with van der Waals surface area (Å²) in [5, 5.41) is 11.4. The summed E-state index contributed by atoms with van der Waals surface area (Å²) < 4.78 is 1.99. The average molecular weight is 202 g/mol. The molecule has 1 aromatic heterocycles. The first-order valence-corrected chi connectivity index (χ1v) is 4.56. The second-order valence-electron chi connectivity index (χ2n) is 3.26. The Morgan fingerprint density at radius 2 is 2.27 bits per heavy atom. The van der Waals surface area contributed by atoms with Crippen molar-refractivity contribution in [3.63, 3.8) is 0 Å². The summed E-state index contributed by atoms with van der Waals surface area (Å²) >= 11 is 0. The fourth-order valence-electron chi connectivity index (χ4n) is 1.60. The maximum absolute atomic E-state index is 10.6. The fourth-order valence-corrected chi connectivity index (χ4v) is 1.60. The van der Waals surface area contributed by atoms with Crippen molar-refractivity contribution >= 4 is 16.6 Å². The lowest BCUT2D eigenvalue weighted by Gasteiger charge is -2.00. The predicted molar refractivity (Wildman–Crippen MR) is 58.8 cm³/mol. The van der Waals surface area contributed by atoms with Crippen molar-refractivity contribution in [2.45, 2.75) is 6.54 Å². The molecular weight excluding hydrogens is 192 g/mol. The molecule has 1 aromatic carbocycles. The van der Waals surface area contributed by atoms with Crippen LogP contribution in [0.5, 0.6) is 0 Å². The SMILES string of the molecule is C=CCn1ccc2cc([N+](=O)[O-])ccc21. The highest BCUT2D eigenvalue weighted by Gasteiger charge is 2.07. The number of nitro groups is 1. The number of hydrogen-bond acceptors (Lipinski definition) is 2. The Hall–Kier alpha value is -2.10. The Kier molecular flexibility index (Phi) is 2.25. The van der Waals surface area contributed by atoms with Gasteiger partial charge in [-0.15, -0.1) is 6.58 Å². The molecule has 0 aliphatic rings. The van der Waals surface area contributed by atoms with Gasteiger partial charge in [0.2, 0.25) is 0 Å². The number of nitrogens with zero attached hydrogens (tertiary/aromatic N) is 2. The number of benzene rings is 1. The predicted octanol–water partition coefficient (Wildman–Crippen LogP) is 2.74. The minimum atomic E-state index is -0.385. The van der Waals surface area contributed by atoms with Crippen LogP contribution in [0.25, 0.3) is 10.9 Å². The van der Waals surface area contributed by atoms with Crippen LogP contribution in [0.3, 0.4) is 0 Å². The molecule has 0 N–H and O–H groups in total. The second-order valence-corrected chi connectivity index (χ2v) is 3.26. The third kappa shape index (κ3) is 1.61. The molecule has 0 saturated heterocycles. The van der Waals surface area contributed by atoms with Crippen molar-refractivity contribution in [3.05, 3.63) is 53.2 Å². The number of nitro benzene ring substituents is 1. The molecule has 2 rings (SSSR count). The summed E-state index contributed by atoms with van der Waals surface area (Å²) in [7, 11) is 0. The van der Waals surface area contributed by atoms with Crippen molar-refractivity contribution in [2.24, 2.45) is 0 Å². The van der Waals surface area contributed by atoms with Gasteiger partial charge in [0.25, 0.3) is 5.69 Å². The van der Waals surface area contributed by atoms with Crippen LogP contribution in [-0.2, 0) is 6.54 Å². The van der Waals surface area contributed by atoms with E-state index in [-0.39, 0.29) is 10.6 Å². The molecule has 0 amide bonds. The van der Waals surface area contributed by atoms with Gasteiger partial charge in [-0.3, -0.25) is 10.1 Å². The molecule has 0 spiro atoms. The van der Waals surface area contributed by atoms with Gasteiger partial charge < -0.3 is 4.57 Å². The van der Waals surface area contributed by atoms with Gasteiger partial charge in [-0.1, -0.05) is 6.08 Å². The Balaban J connectivity index is 2.56. The van der Waals surface area contributed by atoms with Crippen molar-refractivity contribution < 1.29 is 4.92 Å². The summed E-state index contributed by atoms with van der Waals surface area (Å²) in [4.78, 5) is 10.2. The molecule has 1 heterocycles. The van der Waals surface area contributed by atoms with E-state index in [0.717, 1.165) is 10.9 Å². The first-order valence-electron chi connectivity index (χ1n) is 4.56. The maximum Gasteiger partial charge on any atom is 0.270 e. The van der Waals surface area contributed by atoms with Crippen LogP contribution in [0.15, 0.2) is 43.1 Å². The summed E-state index contributed by atoms with van der Waals surface area (Å²) in [6, 6.07) is 6.72. The number of hydrogen-bond donors (Lipinski definition) is 0. The normalized spacial score (nSPS) is 10.4. The average Bonchev–Trinajstić information content (AvgIpc) is 2.61. The van der Waals surface area contributed by atoms with E-state index in [1.165, 1.54) is 6.07 Å². The summed E-state index contributed by atoms with van der Waals surface area (Å²) in [5.41, 5.74) is 1.11. The number of allylic oxidation sites excluding steroid dienone is 1. The lowest BCUT2D eigenvalue weighted by molar-refractivity contribution is -0.384. The van der Waals surface area contributed by atoms with E-state index >= 15 is 0 Å². The third-order valence-corrected chi connectivity index (χ3v) is 2.29. The van der Waals surface area contributed by atoms with Gasteiger partial charge in [0, 0.05) is 35.8 Å². The quantitative estimate of drug-likeness (QED) is 0.436. The number of rotatable bonds is 3. The van der Waals surface area contributed by atoms with Crippen LogP contribution in [0.4, 0.5) is 5.69 Å². The van der Waals surface area contributed by atoms with Gasteiger partial charge >= 0.3 is 0 Å². The lowest BCUT2D eigenvalue weighted by Crippen LogP contribution is -1.92. The van der Waals surface area contributed by atoms with Crippen LogP contribution >= 0.6 is 0 Å². The minimum Gasteiger partial charge on any atom is -0.344 e. The van der Waals surface area contributed by atoms with Gasteiger partial charge in [0.15, 0.2) is 0 Å². The monoisotopic (exact) mass is 202 g/mol. The van der Waals surface area contributed by atoms with E-state index < -0.39 is 0 Å². The number of aromatic nitrogens is 1. The zero-order valence-electron chi connectivity index (χ0n) is 8.09. The van der Waals surface area contributed by atoms with E-state index in [1.807, 2.05) is 16.8 Å². The van der Waals surface area contributed by atoms with E-state index in [9.17, 15) is 10.1 Å². The van der Waals surface area contributed by atoms with E-state index in [4.69, 9.17) is 0 Å². The molecule has 0 saturated carbocycles. The highest BCUT2D eigenvalue weighted by Crippen LogP contribution is 2.21. The minimum absolute atomic E-state index is 0.124. The second kappa shape index (κ2) is 3.57. The van der Waals surface area contributed by atoms with Gasteiger partial charge in [0.1, 0.15) is 0 Å². The molecule has 0 aliphatic carbocycles. The summed E-state index contributed by atoms with van der Waals surface area (Å²) in [5.74, 6) is 0. The zero-order chi connectivity index (χ0) is 10.8. The molecule has 0 fully saturated rings. The molecule has 4 nitrogen and oxygen atoms in total. The van der Waals surface area contributed by atoms with Gasteiger partial charge in [-0.05, 0) is 12.1 Å². The van der Waals surface area contributed by atoms with Gasteiger partial charge in [-0.2, -0.15) is 0 Å². The first-order chi connectivity index (χ1) is 7.22. The molecule has 0 unspecified atom stereocenters. The molecule has 0 aliphatic heterocycles. The third-order valence-electron chi connectivity index (χ3n) is 2.29. The number of non-ortho nitro benzene ring substituents is 1. The Bertz CT molecular complexity index is 528. The van der Waals surface area contributed by atoms with Crippen molar-refractivity contribution in [3.8, 4) is 0 Å². The van der Waals surface area contributed by atoms with Crippen LogP contribution < -0.4 is 0 Å². The van der Waals surface area contributed by atoms with E-state index in [2.05, 4.69) is 6.58 Å². The molecule has 76 valence electrons. The molecular formula is C11H10N2O2. The lowest BCUT2D eigenvalue weighted by atomic mass is 10.2. The summed E-state index contributed by atoms with van der Waals surface area (Å²) in [6.07, 6.45) is 3.69. The topological polar surface area (TPSA) is 48.1 Å². The Morgan fingerprint density at radius 3 is 2.93 bits per heavy atom. The Morgan fingerprint density at radius 1 is 1.47 bits per heavy atom. The first kappa shape index (κ1) is 9.45. The molecule has 0 atom stereocenters. The van der Waals surface area contributed by atoms with Crippen molar-refractivity contribution in [2.75, 3.05) is 0 Å². The van der Waals surface area contributed by atoms with Crippen LogP contribution in [-0.4, -0.2) is 9.49 Å². The van der Waals surface area contributed by atoms with Crippen molar-refractivity contribution in [1.82, 2.24) is 4.57 Å². The molecule has 0 radical (unpaired) electrons. The van der Waals surface area contributed by atoms with Gasteiger partial charge in [0.05, 0.1) is 4.92 Å². The van der Waals surface area contributed by atoms with Crippen molar-refractivity contribution in [1.29, 1.82) is 0 Å². The van der Waals surface area contributed by atoms with Crippen LogP contribution in [0, 0.1) is 10.1 Å². The Labute approximate surface area is 86.6 Å². The maximum atomic E-state index is 10.6. The highest BCUT2D eigenvalue weighted by molar-refractivity contribution is 5.82. The van der Waals surface area contributed by atoms with Crippen LogP contribution in [0.2, 0.25) is 0 Å². The molecule has 2 aromatic rings. The molecule has 0 bridgehead atoms. The van der Waals surface area contributed by atoms with E-state index in [1.54, 1.807) is 18.2 Å².